The number of nitrogens with zero attached hydrogens (tertiary/aromatic N) is 2. The minimum atomic E-state index is 0.367. The summed E-state index contributed by atoms with van der Waals surface area (Å²) in [7, 11) is 0. The number of thioether (sulfide) groups is 1. The maximum Gasteiger partial charge on any atom is 0.0545 e. The monoisotopic (exact) mass is 237 g/mol. The standard InChI is InChI=1S/C12H19N3S/c1-12(2)9-15(5-6-16-12)8-11-4-3-10(13)7-14-11/h3-4,7H,5-6,8-9,13H2,1-2H3. The van der Waals surface area contributed by atoms with Gasteiger partial charge in [0.2, 0.25) is 0 Å². The maximum absolute atomic E-state index is 5.62. The third-order valence-electron chi connectivity index (χ3n) is 2.74. The molecule has 2 rings (SSSR count). The number of hydrogen-bond donors (Lipinski definition) is 1. The Bertz CT molecular complexity index is 348. The second kappa shape index (κ2) is 4.63. The number of anilines is 1. The van der Waals surface area contributed by atoms with Crippen molar-refractivity contribution in [1.29, 1.82) is 0 Å². The van der Waals surface area contributed by atoms with Crippen LogP contribution in [0.15, 0.2) is 18.3 Å². The minimum Gasteiger partial charge on any atom is -0.397 e. The van der Waals surface area contributed by atoms with Crippen molar-refractivity contribution in [3.05, 3.63) is 24.0 Å². The van der Waals surface area contributed by atoms with Gasteiger partial charge in [0.1, 0.15) is 0 Å². The molecule has 0 saturated carbocycles. The zero-order valence-electron chi connectivity index (χ0n) is 9.94. The number of pyridine rings is 1. The van der Waals surface area contributed by atoms with E-state index in [1.807, 2.05) is 12.1 Å². The highest BCUT2D eigenvalue weighted by Crippen LogP contribution is 2.29. The molecule has 2 N–H and O–H groups in total. The van der Waals surface area contributed by atoms with Crippen LogP contribution in [0.3, 0.4) is 0 Å². The first-order valence-electron chi connectivity index (χ1n) is 5.62. The molecule has 2 heterocycles. The van der Waals surface area contributed by atoms with Crippen LogP contribution in [0.1, 0.15) is 19.5 Å². The minimum absolute atomic E-state index is 0.367. The van der Waals surface area contributed by atoms with Gasteiger partial charge in [-0.25, -0.2) is 0 Å². The van der Waals surface area contributed by atoms with Gasteiger partial charge in [0.05, 0.1) is 17.6 Å². The van der Waals surface area contributed by atoms with Crippen molar-refractivity contribution >= 4 is 17.4 Å². The summed E-state index contributed by atoms with van der Waals surface area (Å²) in [6.45, 7) is 7.83. The van der Waals surface area contributed by atoms with Crippen molar-refractivity contribution in [2.75, 3.05) is 24.6 Å². The Balaban J connectivity index is 1.97. The van der Waals surface area contributed by atoms with Crippen molar-refractivity contribution in [2.45, 2.75) is 25.1 Å². The molecule has 0 spiro atoms. The molecule has 0 aliphatic carbocycles. The van der Waals surface area contributed by atoms with Gasteiger partial charge in [-0.15, -0.1) is 0 Å². The van der Waals surface area contributed by atoms with Crippen LogP contribution < -0.4 is 5.73 Å². The summed E-state index contributed by atoms with van der Waals surface area (Å²) >= 11 is 2.06. The smallest absolute Gasteiger partial charge is 0.0545 e. The fourth-order valence-electron chi connectivity index (χ4n) is 2.01. The van der Waals surface area contributed by atoms with E-state index in [4.69, 9.17) is 5.73 Å². The lowest BCUT2D eigenvalue weighted by Crippen LogP contribution is -2.42. The maximum atomic E-state index is 5.62. The van der Waals surface area contributed by atoms with Gasteiger partial charge in [0.15, 0.2) is 0 Å². The van der Waals surface area contributed by atoms with Crippen LogP contribution in [0.2, 0.25) is 0 Å². The molecule has 0 amide bonds. The third-order valence-corrected chi connectivity index (χ3v) is 4.04. The van der Waals surface area contributed by atoms with Crippen LogP contribution in [0, 0.1) is 0 Å². The molecule has 1 aromatic rings. The van der Waals surface area contributed by atoms with Gasteiger partial charge in [-0.1, -0.05) is 0 Å². The Morgan fingerprint density at radius 3 is 2.94 bits per heavy atom. The Morgan fingerprint density at radius 1 is 1.50 bits per heavy atom. The fraction of sp³-hybridized carbons (Fsp3) is 0.583. The quantitative estimate of drug-likeness (QED) is 0.854. The summed E-state index contributed by atoms with van der Waals surface area (Å²) in [4.78, 5) is 6.81. The Labute approximate surface area is 101 Å². The summed E-state index contributed by atoms with van der Waals surface area (Å²) in [5.74, 6) is 1.21. The van der Waals surface area contributed by atoms with Crippen LogP contribution in [0.4, 0.5) is 5.69 Å². The molecule has 16 heavy (non-hydrogen) atoms. The molecule has 1 aliphatic rings. The Kier molecular flexibility index (Phi) is 3.40. The molecule has 1 aromatic heterocycles. The van der Waals surface area contributed by atoms with E-state index in [9.17, 15) is 0 Å². The lowest BCUT2D eigenvalue weighted by molar-refractivity contribution is 0.250. The number of hydrogen-bond acceptors (Lipinski definition) is 4. The van der Waals surface area contributed by atoms with Crippen molar-refractivity contribution in [1.82, 2.24) is 9.88 Å². The highest BCUT2D eigenvalue weighted by Gasteiger charge is 2.26. The summed E-state index contributed by atoms with van der Waals surface area (Å²) < 4.78 is 0.367. The van der Waals surface area contributed by atoms with Crippen molar-refractivity contribution in [3.63, 3.8) is 0 Å². The number of nitrogens with two attached hydrogens (primary N) is 1. The molecule has 1 saturated heterocycles. The van der Waals surface area contributed by atoms with Crippen molar-refractivity contribution in [3.8, 4) is 0 Å². The van der Waals surface area contributed by atoms with E-state index in [-0.39, 0.29) is 0 Å². The number of aromatic nitrogens is 1. The van der Waals surface area contributed by atoms with Gasteiger partial charge in [-0.3, -0.25) is 9.88 Å². The first-order valence-corrected chi connectivity index (χ1v) is 6.60. The SMILES string of the molecule is CC1(C)CN(Cc2ccc(N)cn2)CCS1. The predicted octanol–water partition coefficient (Wildman–Crippen LogP) is 1.99. The second-order valence-corrected chi connectivity index (χ2v) is 6.70. The summed E-state index contributed by atoms with van der Waals surface area (Å²) in [5.41, 5.74) is 7.47. The summed E-state index contributed by atoms with van der Waals surface area (Å²) in [6, 6.07) is 3.94. The molecule has 0 radical (unpaired) electrons. The molecule has 1 aliphatic heterocycles. The van der Waals surface area contributed by atoms with Crippen LogP contribution in [-0.2, 0) is 6.54 Å². The van der Waals surface area contributed by atoms with E-state index in [0.29, 0.717) is 4.75 Å². The zero-order chi connectivity index (χ0) is 11.6. The molecule has 0 unspecified atom stereocenters. The zero-order valence-corrected chi connectivity index (χ0v) is 10.8. The molecule has 88 valence electrons. The molecule has 0 bridgehead atoms. The lowest BCUT2D eigenvalue weighted by Gasteiger charge is -2.37. The first kappa shape index (κ1) is 11.7. The molecular weight excluding hydrogens is 218 g/mol. The van der Waals surface area contributed by atoms with E-state index in [0.717, 1.165) is 31.0 Å². The number of rotatable bonds is 2. The van der Waals surface area contributed by atoms with E-state index in [2.05, 4.69) is 35.5 Å². The lowest BCUT2D eigenvalue weighted by atomic mass is 10.2. The Hall–Kier alpha value is -0.740. The summed E-state index contributed by atoms with van der Waals surface area (Å²) in [5, 5.41) is 0. The molecule has 1 fully saturated rings. The van der Waals surface area contributed by atoms with Crippen LogP contribution in [-0.4, -0.2) is 33.5 Å². The van der Waals surface area contributed by atoms with E-state index < -0.39 is 0 Å². The normalized spacial score (nSPS) is 20.9. The van der Waals surface area contributed by atoms with Crippen molar-refractivity contribution in [2.24, 2.45) is 0 Å². The fourth-order valence-corrected chi connectivity index (χ4v) is 3.18. The molecule has 4 heteroatoms. The van der Waals surface area contributed by atoms with Crippen molar-refractivity contribution < 1.29 is 0 Å². The van der Waals surface area contributed by atoms with E-state index in [1.54, 1.807) is 6.20 Å². The van der Waals surface area contributed by atoms with Crippen LogP contribution in [0.25, 0.3) is 0 Å². The predicted molar refractivity (Wildman–Crippen MR) is 70.5 cm³/mol. The van der Waals surface area contributed by atoms with Gasteiger partial charge >= 0.3 is 0 Å². The van der Waals surface area contributed by atoms with Crippen LogP contribution in [0.5, 0.6) is 0 Å². The molecule has 0 atom stereocenters. The highest BCUT2D eigenvalue weighted by atomic mass is 32.2. The second-order valence-electron chi connectivity index (χ2n) is 4.90. The molecule has 3 nitrogen and oxygen atoms in total. The highest BCUT2D eigenvalue weighted by molar-refractivity contribution is 8.00. The topological polar surface area (TPSA) is 42.1 Å². The van der Waals surface area contributed by atoms with Gasteiger partial charge in [0.25, 0.3) is 0 Å². The van der Waals surface area contributed by atoms with Crippen LogP contribution >= 0.6 is 11.8 Å². The largest absolute Gasteiger partial charge is 0.397 e. The van der Waals surface area contributed by atoms with Gasteiger partial charge < -0.3 is 5.73 Å². The first-order chi connectivity index (χ1) is 7.55. The van der Waals surface area contributed by atoms with E-state index >= 15 is 0 Å². The number of nitrogen functional groups attached to an aromatic ring is 1. The average Bonchev–Trinajstić information content (AvgIpc) is 2.20. The molecular formula is C12H19N3S. The third kappa shape index (κ3) is 3.12. The molecule has 0 aromatic carbocycles. The van der Waals surface area contributed by atoms with E-state index in [1.165, 1.54) is 5.75 Å². The average molecular weight is 237 g/mol. The Morgan fingerprint density at radius 2 is 2.31 bits per heavy atom. The van der Waals surface area contributed by atoms with Gasteiger partial charge in [0, 0.05) is 30.1 Å². The summed E-state index contributed by atoms with van der Waals surface area (Å²) in [6.07, 6.45) is 1.74. The van der Waals surface area contributed by atoms with Gasteiger partial charge in [-0.05, 0) is 26.0 Å². The van der Waals surface area contributed by atoms with Gasteiger partial charge in [-0.2, -0.15) is 11.8 Å².